The highest BCUT2D eigenvalue weighted by atomic mass is 79.9. The van der Waals surface area contributed by atoms with Crippen molar-refractivity contribution in [3.8, 4) is 0 Å². The highest BCUT2D eigenvalue weighted by molar-refractivity contribution is 9.10. The number of carbonyl (C=O) groups is 3. The van der Waals surface area contributed by atoms with Gasteiger partial charge in [0.05, 0.1) is 0 Å². The van der Waals surface area contributed by atoms with Gasteiger partial charge in [-0.2, -0.15) is 0 Å². The quantitative estimate of drug-likeness (QED) is 0.570. The molecular weight excluding hydrogens is 378 g/mol. The third-order valence-corrected chi connectivity index (χ3v) is 3.50. The van der Waals surface area contributed by atoms with Gasteiger partial charge in [-0.05, 0) is 58.7 Å². The zero-order chi connectivity index (χ0) is 17.5. The van der Waals surface area contributed by atoms with Crippen molar-refractivity contribution < 1.29 is 23.5 Å². The molecular formula is C17H16BrNO5. The maximum absolute atomic E-state index is 12.0. The number of Topliss-reactive ketones (excluding diaryl/α,β-unsaturated/α-hetero) is 1. The highest BCUT2D eigenvalue weighted by Crippen LogP contribution is 2.15. The van der Waals surface area contributed by atoms with Crippen LogP contribution in [0.2, 0.25) is 0 Å². The van der Waals surface area contributed by atoms with Crippen LogP contribution in [0.4, 0.5) is 5.69 Å². The summed E-state index contributed by atoms with van der Waals surface area (Å²) in [5.41, 5.74) is 0.999. The molecule has 0 fully saturated rings. The molecule has 1 amide bonds. The van der Waals surface area contributed by atoms with Crippen molar-refractivity contribution in [2.24, 2.45) is 0 Å². The summed E-state index contributed by atoms with van der Waals surface area (Å²) in [6.07, 6.45) is 1.21. The first-order chi connectivity index (χ1) is 11.5. The number of ketones is 1. The fourth-order valence-electron chi connectivity index (χ4n) is 1.90. The van der Waals surface area contributed by atoms with E-state index in [-0.39, 0.29) is 17.5 Å². The minimum Gasteiger partial charge on any atom is -0.451 e. The van der Waals surface area contributed by atoms with Crippen molar-refractivity contribution in [1.29, 1.82) is 0 Å². The van der Waals surface area contributed by atoms with Crippen molar-refractivity contribution in [3.05, 3.63) is 52.4 Å². The molecule has 1 aromatic heterocycles. The van der Waals surface area contributed by atoms with E-state index in [1.54, 1.807) is 30.3 Å². The number of anilines is 1. The molecule has 0 bridgehead atoms. The lowest BCUT2D eigenvalue weighted by atomic mass is 10.1. The first-order valence-corrected chi connectivity index (χ1v) is 8.14. The number of rotatable bonds is 7. The van der Waals surface area contributed by atoms with Gasteiger partial charge in [-0.25, -0.2) is 4.79 Å². The Bertz CT molecular complexity index is 736. The van der Waals surface area contributed by atoms with Crippen molar-refractivity contribution in [2.75, 3.05) is 11.9 Å². The Morgan fingerprint density at radius 1 is 1.12 bits per heavy atom. The molecule has 0 saturated heterocycles. The first-order valence-electron chi connectivity index (χ1n) is 7.35. The molecule has 0 aliphatic rings. The third kappa shape index (κ3) is 5.06. The van der Waals surface area contributed by atoms with Crippen LogP contribution < -0.4 is 5.32 Å². The molecule has 7 heteroatoms. The van der Waals surface area contributed by atoms with Gasteiger partial charge < -0.3 is 14.5 Å². The average Bonchev–Trinajstić information content (AvgIpc) is 3.00. The molecule has 2 rings (SSSR count). The van der Waals surface area contributed by atoms with Crippen molar-refractivity contribution in [1.82, 2.24) is 0 Å². The van der Waals surface area contributed by atoms with Crippen molar-refractivity contribution in [3.63, 3.8) is 0 Å². The second-order valence-electron chi connectivity index (χ2n) is 4.98. The SMILES string of the molecule is CCCC(=O)Nc1ccc(C(=O)COC(=O)c2ccc(Br)o2)cc1. The molecule has 0 saturated carbocycles. The lowest BCUT2D eigenvalue weighted by Gasteiger charge is -2.06. The number of benzene rings is 1. The largest absolute Gasteiger partial charge is 0.451 e. The van der Waals surface area contributed by atoms with Gasteiger partial charge in [0.1, 0.15) is 0 Å². The molecule has 0 atom stereocenters. The number of nitrogens with one attached hydrogen (secondary N) is 1. The van der Waals surface area contributed by atoms with Gasteiger partial charge in [0, 0.05) is 17.7 Å². The highest BCUT2D eigenvalue weighted by Gasteiger charge is 2.15. The standard InChI is InChI=1S/C17H16BrNO5/c1-2-3-16(21)19-12-6-4-11(5-7-12)13(20)10-23-17(22)14-8-9-15(18)24-14/h4-9H,2-3,10H2,1H3,(H,19,21). The van der Waals surface area contributed by atoms with Crippen LogP contribution >= 0.6 is 15.9 Å². The van der Waals surface area contributed by atoms with E-state index in [1.165, 1.54) is 6.07 Å². The Kier molecular flexibility index (Phi) is 6.31. The van der Waals surface area contributed by atoms with Crippen LogP contribution in [0, 0.1) is 0 Å². The van der Waals surface area contributed by atoms with Gasteiger partial charge >= 0.3 is 5.97 Å². The summed E-state index contributed by atoms with van der Waals surface area (Å²) in [6.45, 7) is 1.53. The van der Waals surface area contributed by atoms with Crippen molar-refractivity contribution in [2.45, 2.75) is 19.8 Å². The Morgan fingerprint density at radius 2 is 1.83 bits per heavy atom. The van der Waals surface area contributed by atoms with Crippen LogP contribution in [0.15, 0.2) is 45.5 Å². The molecule has 6 nitrogen and oxygen atoms in total. The molecule has 126 valence electrons. The molecule has 1 N–H and O–H groups in total. The van der Waals surface area contributed by atoms with Crippen LogP contribution in [-0.2, 0) is 9.53 Å². The van der Waals surface area contributed by atoms with Gasteiger partial charge in [-0.1, -0.05) is 6.92 Å². The fraction of sp³-hybridized carbons (Fsp3) is 0.235. The van der Waals surface area contributed by atoms with E-state index in [2.05, 4.69) is 21.2 Å². The maximum Gasteiger partial charge on any atom is 0.374 e. The van der Waals surface area contributed by atoms with Gasteiger partial charge in [0.15, 0.2) is 17.1 Å². The molecule has 2 aromatic rings. The molecule has 0 radical (unpaired) electrons. The summed E-state index contributed by atoms with van der Waals surface area (Å²) in [6, 6.07) is 9.41. The minimum atomic E-state index is -0.711. The normalized spacial score (nSPS) is 10.2. The topological polar surface area (TPSA) is 85.6 Å². The number of carbonyl (C=O) groups excluding carboxylic acids is 3. The van der Waals surface area contributed by atoms with E-state index in [1.807, 2.05) is 6.92 Å². The number of hydrogen-bond acceptors (Lipinski definition) is 5. The Labute approximate surface area is 147 Å². The number of halogens is 1. The van der Waals surface area contributed by atoms with Gasteiger partial charge in [0.2, 0.25) is 11.7 Å². The summed E-state index contributed by atoms with van der Waals surface area (Å²) in [4.78, 5) is 35.2. The van der Waals surface area contributed by atoms with E-state index >= 15 is 0 Å². The molecule has 0 aliphatic carbocycles. The zero-order valence-corrected chi connectivity index (χ0v) is 14.6. The molecule has 1 heterocycles. The van der Waals surface area contributed by atoms with E-state index in [0.29, 0.717) is 22.3 Å². The van der Waals surface area contributed by atoms with Crippen LogP contribution in [0.3, 0.4) is 0 Å². The number of furan rings is 1. The smallest absolute Gasteiger partial charge is 0.374 e. The predicted molar refractivity (Wildman–Crippen MR) is 91.0 cm³/mol. The summed E-state index contributed by atoms with van der Waals surface area (Å²) in [5.74, 6) is -1.11. The van der Waals surface area contributed by atoms with Gasteiger partial charge in [0.25, 0.3) is 0 Å². The van der Waals surface area contributed by atoms with Crippen LogP contribution in [0.5, 0.6) is 0 Å². The summed E-state index contributed by atoms with van der Waals surface area (Å²) >= 11 is 3.08. The predicted octanol–water partition coefficient (Wildman–Crippen LogP) is 3.82. The lowest BCUT2D eigenvalue weighted by molar-refractivity contribution is -0.116. The number of esters is 1. The lowest BCUT2D eigenvalue weighted by Crippen LogP contribution is -2.14. The average molecular weight is 394 g/mol. The second kappa shape index (κ2) is 8.44. The molecule has 1 aromatic carbocycles. The summed E-state index contributed by atoms with van der Waals surface area (Å²) in [7, 11) is 0. The Balaban J connectivity index is 1.88. The third-order valence-electron chi connectivity index (χ3n) is 3.08. The van der Waals surface area contributed by atoms with Gasteiger partial charge in [-0.3, -0.25) is 9.59 Å². The minimum absolute atomic E-state index is 0.0173. The van der Waals surface area contributed by atoms with Crippen molar-refractivity contribution >= 4 is 39.3 Å². The second-order valence-corrected chi connectivity index (χ2v) is 5.76. The fourth-order valence-corrected chi connectivity index (χ4v) is 2.21. The van der Waals surface area contributed by atoms with Gasteiger partial charge in [-0.15, -0.1) is 0 Å². The Hall–Kier alpha value is -2.41. The van der Waals surface area contributed by atoms with E-state index < -0.39 is 12.6 Å². The molecule has 0 aliphatic heterocycles. The molecule has 24 heavy (non-hydrogen) atoms. The Morgan fingerprint density at radius 3 is 2.42 bits per heavy atom. The van der Waals surface area contributed by atoms with Crippen LogP contribution in [0.25, 0.3) is 0 Å². The summed E-state index contributed by atoms with van der Waals surface area (Å²) in [5, 5.41) is 2.73. The zero-order valence-electron chi connectivity index (χ0n) is 13.0. The molecule has 0 unspecified atom stereocenters. The van der Waals surface area contributed by atoms with E-state index in [9.17, 15) is 14.4 Å². The van der Waals surface area contributed by atoms with Crippen LogP contribution in [-0.4, -0.2) is 24.3 Å². The van der Waals surface area contributed by atoms with E-state index in [4.69, 9.17) is 9.15 Å². The van der Waals surface area contributed by atoms with E-state index in [0.717, 1.165) is 6.42 Å². The monoisotopic (exact) mass is 393 g/mol. The summed E-state index contributed by atoms with van der Waals surface area (Å²) < 4.78 is 10.4. The number of hydrogen-bond donors (Lipinski definition) is 1. The maximum atomic E-state index is 12.0. The number of ether oxygens (including phenoxy) is 1. The first kappa shape index (κ1) is 17.9. The van der Waals surface area contributed by atoms with Crippen LogP contribution in [0.1, 0.15) is 40.7 Å². The molecule has 0 spiro atoms. The number of amides is 1.